The summed E-state index contributed by atoms with van der Waals surface area (Å²) < 4.78 is 30.0. The molecule has 1 aliphatic rings. The summed E-state index contributed by atoms with van der Waals surface area (Å²) >= 11 is 5.85. The van der Waals surface area contributed by atoms with Gasteiger partial charge >= 0.3 is 0 Å². The van der Waals surface area contributed by atoms with Crippen molar-refractivity contribution in [3.05, 3.63) is 24.3 Å². The van der Waals surface area contributed by atoms with Crippen LogP contribution in [0.2, 0.25) is 0 Å². The molecular weight excluding hydrogens is 352 g/mol. The second kappa shape index (κ2) is 8.94. The fourth-order valence-electron chi connectivity index (χ4n) is 2.47. The zero-order chi connectivity index (χ0) is 17.6. The maximum absolute atomic E-state index is 12.3. The predicted molar refractivity (Wildman–Crippen MR) is 99.0 cm³/mol. The summed E-state index contributed by atoms with van der Waals surface area (Å²) in [4.78, 5) is 2.91. The van der Waals surface area contributed by atoms with Gasteiger partial charge in [-0.15, -0.1) is 0 Å². The Morgan fingerprint density at radius 2 is 1.92 bits per heavy atom. The molecule has 0 aromatic heterocycles. The second-order valence-corrected chi connectivity index (χ2v) is 7.59. The first kappa shape index (κ1) is 19.4. The molecule has 1 heterocycles. The van der Waals surface area contributed by atoms with Gasteiger partial charge in [0.15, 0.2) is 5.11 Å². The number of alkyl halides is 2. The number of hydrogen-bond donors (Lipinski definition) is 2. The Morgan fingerprint density at radius 1 is 1.29 bits per heavy atom. The Bertz CT molecular complexity index is 535. The Balaban J connectivity index is 1.80. The smallest absolute Gasteiger partial charge is 0.288 e. The fraction of sp³-hybridized carbons (Fsp3) is 0.562. The lowest BCUT2D eigenvalue weighted by atomic mass is 10.0. The average molecular weight is 376 g/mol. The van der Waals surface area contributed by atoms with Crippen LogP contribution in [0.15, 0.2) is 29.2 Å². The molecule has 1 aromatic carbocycles. The van der Waals surface area contributed by atoms with Crippen LogP contribution in [0.1, 0.15) is 13.8 Å². The Morgan fingerprint density at radius 3 is 2.50 bits per heavy atom. The number of thiocarbonyl (C=S) groups is 1. The molecule has 1 fully saturated rings. The molecular formula is C16H23F2N3OS2. The highest BCUT2D eigenvalue weighted by Gasteiger charge is 2.28. The molecule has 8 heteroatoms. The highest BCUT2D eigenvalue weighted by molar-refractivity contribution is 7.99. The number of halogens is 2. The van der Waals surface area contributed by atoms with E-state index in [1.165, 1.54) is 0 Å². The number of benzene rings is 1. The van der Waals surface area contributed by atoms with Gasteiger partial charge in [0.1, 0.15) is 0 Å². The minimum Gasteiger partial charge on any atom is -0.379 e. The topological polar surface area (TPSA) is 36.5 Å². The predicted octanol–water partition coefficient (Wildman–Crippen LogP) is 3.40. The van der Waals surface area contributed by atoms with Crippen molar-refractivity contribution in [1.29, 1.82) is 0 Å². The molecule has 0 aliphatic carbocycles. The van der Waals surface area contributed by atoms with Crippen molar-refractivity contribution in [2.45, 2.75) is 30.0 Å². The molecule has 24 heavy (non-hydrogen) atoms. The number of thioether (sulfide) groups is 1. The zero-order valence-corrected chi connectivity index (χ0v) is 15.5. The molecule has 4 nitrogen and oxygen atoms in total. The van der Waals surface area contributed by atoms with Crippen molar-refractivity contribution in [3.63, 3.8) is 0 Å². The molecule has 0 radical (unpaired) electrons. The van der Waals surface area contributed by atoms with Gasteiger partial charge in [-0.05, 0) is 50.3 Å². The van der Waals surface area contributed by atoms with Gasteiger partial charge in [-0.3, -0.25) is 4.90 Å². The summed E-state index contributed by atoms with van der Waals surface area (Å²) in [7, 11) is 0. The van der Waals surface area contributed by atoms with E-state index in [0.29, 0.717) is 28.3 Å². The van der Waals surface area contributed by atoms with Gasteiger partial charge in [0.2, 0.25) is 0 Å². The first-order chi connectivity index (χ1) is 11.4. The SMILES string of the molecule is CC(C)(CNC(=S)Nc1ccc(SC(F)F)cc1)N1CCOCC1. The summed E-state index contributed by atoms with van der Waals surface area (Å²) in [5.74, 6) is -2.41. The third-order valence-electron chi connectivity index (χ3n) is 3.89. The minimum absolute atomic E-state index is 0.0344. The van der Waals surface area contributed by atoms with Gasteiger partial charge in [-0.2, -0.15) is 8.78 Å². The minimum atomic E-state index is -2.41. The van der Waals surface area contributed by atoms with Crippen molar-refractivity contribution in [2.24, 2.45) is 0 Å². The van der Waals surface area contributed by atoms with Crippen LogP contribution < -0.4 is 10.6 Å². The normalized spacial score (nSPS) is 16.2. The highest BCUT2D eigenvalue weighted by Crippen LogP contribution is 2.26. The molecule has 1 aromatic rings. The van der Waals surface area contributed by atoms with Gasteiger partial charge in [0, 0.05) is 35.8 Å². The molecule has 2 N–H and O–H groups in total. The van der Waals surface area contributed by atoms with Crippen molar-refractivity contribution < 1.29 is 13.5 Å². The number of hydrogen-bond acceptors (Lipinski definition) is 4. The average Bonchev–Trinajstić information content (AvgIpc) is 2.55. The van der Waals surface area contributed by atoms with E-state index in [2.05, 4.69) is 29.4 Å². The lowest BCUT2D eigenvalue weighted by Crippen LogP contribution is -2.55. The molecule has 0 atom stereocenters. The van der Waals surface area contributed by atoms with E-state index in [0.717, 1.165) is 32.0 Å². The maximum atomic E-state index is 12.3. The van der Waals surface area contributed by atoms with E-state index < -0.39 is 5.76 Å². The first-order valence-corrected chi connectivity index (χ1v) is 9.08. The summed E-state index contributed by atoms with van der Waals surface area (Å²) in [5, 5.41) is 6.83. The van der Waals surface area contributed by atoms with Crippen LogP contribution in [0.4, 0.5) is 14.5 Å². The summed E-state index contributed by atoms with van der Waals surface area (Å²) in [5.41, 5.74) is 0.739. The van der Waals surface area contributed by atoms with Crippen molar-refractivity contribution in [1.82, 2.24) is 10.2 Å². The summed E-state index contributed by atoms with van der Waals surface area (Å²) in [6, 6.07) is 6.79. The fourth-order valence-corrected chi connectivity index (χ4v) is 3.16. The molecule has 0 amide bonds. The lowest BCUT2D eigenvalue weighted by molar-refractivity contribution is -0.00823. The van der Waals surface area contributed by atoms with E-state index in [-0.39, 0.29) is 5.54 Å². The van der Waals surface area contributed by atoms with Crippen molar-refractivity contribution >= 4 is 34.8 Å². The van der Waals surface area contributed by atoms with Gasteiger partial charge in [0.25, 0.3) is 5.76 Å². The molecule has 2 rings (SSSR count). The van der Waals surface area contributed by atoms with Crippen molar-refractivity contribution in [3.8, 4) is 0 Å². The number of anilines is 1. The van der Waals surface area contributed by atoms with E-state index in [9.17, 15) is 8.78 Å². The Hall–Kier alpha value is -0.960. The van der Waals surface area contributed by atoms with Crippen LogP contribution in [0, 0.1) is 0 Å². The molecule has 0 bridgehead atoms. The number of morpholine rings is 1. The second-order valence-electron chi connectivity index (χ2n) is 6.12. The van der Waals surface area contributed by atoms with Crippen molar-refractivity contribution in [2.75, 3.05) is 38.2 Å². The quantitative estimate of drug-likeness (QED) is 0.586. The molecule has 0 spiro atoms. The Kier molecular flexibility index (Phi) is 7.21. The Labute approximate surface area is 151 Å². The monoisotopic (exact) mass is 375 g/mol. The van der Waals surface area contributed by atoms with Gasteiger partial charge < -0.3 is 15.4 Å². The number of rotatable bonds is 6. The highest BCUT2D eigenvalue weighted by atomic mass is 32.2. The van der Waals surface area contributed by atoms with Crippen LogP contribution in [0.5, 0.6) is 0 Å². The molecule has 1 aliphatic heterocycles. The molecule has 0 saturated carbocycles. The zero-order valence-electron chi connectivity index (χ0n) is 13.9. The van der Waals surface area contributed by atoms with Gasteiger partial charge in [0.05, 0.1) is 13.2 Å². The standard InChI is InChI=1S/C16H23F2N3OS2/c1-16(2,21-7-9-22-10-8-21)11-19-15(23)20-12-3-5-13(6-4-12)24-14(17)18/h3-6,14H,7-11H2,1-2H3,(H2,19,20,23). The largest absolute Gasteiger partial charge is 0.379 e. The van der Waals surface area contributed by atoms with Gasteiger partial charge in [-0.25, -0.2) is 0 Å². The molecule has 0 unspecified atom stereocenters. The van der Waals surface area contributed by atoms with E-state index in [4.69, 9.17) is 17.0 Å². The number of nitrogens with one attached hydrogen (secondary N) is 2. The maximum Gasteiger partial charge on any atom is 0.288 e. The third kappa shape index (κ3) is 6.16. The molecule has 134 valence electrons. The number of nitrogens with zero attached hydrogens (tertiary/aromatic N) is 1. The van der Waals surface area contributed by atoms with Crippen LogP contribution in [0.3, 0.4) is 0 Å². The van der Waals surface area contributed by atoms with E-state index >= 15 is 0 Å². The summed E-state index contributed by atoms with van der Waals surface area (Å²) in [6.07, 6.45) is 0. The summed E-state index contributed by atoms with van der Waals surface area (Å²) in [6.45, 7) is 8.40. The number of ether oxygens (including phenoxy) is 1. The van der Waals surface area contributed by atoms with E-state index in [1.807, 2.05) is 0 Å². The third-order valence-corrected chi connectivity index (χ3v) is 4.85. The van der Waals surface area contributed by atoms with Crippen LogP contribution in [-0.2, 0) is 4.74 Å². The van der Waals surface area contributed by atoms with Crippen LogP contribution >= 0.6 is 24.0 Å². The molecule has 1 saturated heterocycles. The van der Waals surface area contributed by atoms with E-state index in [1.54, 1.807) is 24.3 Å². The van der Waals surface area contributed by atoms with Crippen LogP contribution in [-0.4, -0.2) is 54.2 Å². The van der Waals surface area contributed by atoms with Crippen LogP contribution in [0.25, 0.3) is 0 Å². The van der Waals surface area contributed by atoms with Gasteiger partial charge in [-0.1, -0.05) is 11.8 Å². The lowest BCUT2D eigenvalue weighted by Gasteiger charge is -2.41. The first-order valence-electron chi connectivity index (χ1n) is 7.79.